The zero-order chi connectivity index (χ0) is 8.55. The van der Waals surface area contributed by atoms with Crippen LogP contribution in [0.1, 0.15) is 5.69 Å². The summed E-state index contributed by atoms with van der Waals surface area (Å²) in [5.41, 5.74) is 6.74. The fourth-order valence-electron chi connectivity index (χ4n) is 1.05. The topological polar surface area (TPSA) is 87.8 Å². The first-order valence-electron chi connectivity index (χ1n) is 3.51. The van der Waals surface area contributed by atoms with Gasteiger partial charge in [0.2, 0.25) is 0 Å². The van der Waals surface area contributed by atoms with Gasteiger partial charge in [0.05, 0.1) is 17.7 Å². The van der Waals surface area contributed by atoms with Crippen LogP contribution in [-0.4, -0.2) is 20.3 Å². The second-order valence-electron chi connectivity index (χ2n) is 2.47. The minimum atomic E-state index is -0.0745. The van der Waals surface area contributed by atoms with Crippen molar-refractivity contribution < 1.29 is 5.11 Å². The van der Waals surface area contributed by atoms with E-state index >= 15 is 0 Å². The normalized spacial score (nSPS) is 10.8. The standard InChI is InChI=1S/C7H8N4O/c8-6-5-2-1-4(3-12)9-7(5)11-10-6/h1-2,12H,3H2,(H3,8,9,10,11). The van der Waals surface area contributed by atoms with E-state index in [0.29, 0.717) is 17.2 Å². The van der Waals surface area contributed by atoms with Gasteiger partial charge >= 0.3 is 0 Å². The molecule has 0 aliphatic heterocycles. The zero-order valence-corrected chi connectivity index (χ0v) is 6.28. The second-order valence-corrected chi connectivity index (χ2v) is 2.47. The van der Waals surface area contributed by atoms with Gasteiger partial charge in [-0.2, -0.15) is 5.10 Å². The summed E-state index contributed by atoms with van der Waals surface area (Å²) >= 11 is 0. The summed E-state index contributed by atoms with van der Waals surface area (Å²) in [7, 11) is 0. The minimum absolute atomic E-state index is 0.0745. The average Bonchev–Trinajstić information content (AvgIpc) is 2.47. The maximum atomic E-state index is 8.78. The third-order valence-electron chi connectivity index (χ3n) is 1.67. The molecule has 0 saturated carbocycles. The first kappa shape index (κ1) is 7.05. The molecule has 12 heavy (non-hydrogen) atoms. The summed E-state index contributed by atoms with van der Waals surface area (Å²) < 4.78 is 0. The Balaban J connectivity index is 2.69. The highest BCUT2D eigenvalue weighted by molar-refractivity contribution is 5.85. The molecule has 0 unspecified atom stereocenters. The van der Waals surface area contributed by atoms with Crippen molar-refractivity contribution in [1.29, 1.82) is 0 Å². The zero-order valence-electron chi connectivity index (χ0n) is 6.28. The van der Waals surface area contributed by atoms with Gasteiger partial charge in [-0.3, -0.25) is 5.10 Å². The van der Waals surface area contributed by atoms with E-state index in [1.54, 1.807) is 12.1 Å². The van der Waals surface area contributed by atoms with Crippen LogP contribution in [0.2, 0.25) is 0 Å². The molecule has 0 aliphatic carbocycles. The molecule has 5 heteroatoms. The Morgan fingerprint density at radius 3 is 3.08 bits per heavy atom. The summed E-state index contributed by atoms with van der Waals surface area (Å²) in [6.07, 6.45) is 0. The van der Waals surface area contributed by atoms with Crippen LogP contribution in [0.5, 0.6) is 0 Å². The molecule has 62 valence electrons. The summed E-state index contributed by atoms with van der Waals surface area (Å²) in [5, 5.41) is 16.0. The van der Waals surface area contributed by atoms with Crippen molar-refractivity contribution in [2.45, 2.75) is 6.61 Å². The lowest BCUT2D eigenvalue weighted by Gasteiger charge is -1.93. The van der Waals surface area contributed by atoms with Gasteiger partial charge in [-0.05, 0) is 12.1 Å². The molecule has 0 amide bonds. The molecule has 2 rings (SSSR count). The highest BCUT2D eigenvalue weighted by Crippen LogP contribution is 2.15. The van der Waals surface area contributed by atoms with E-state index in [9.17, 15) is 0 Å². The Morgan fingerprint density at radius 2 is 2.33 bits per heavy atom. The van der Waals surface area contributed by atoms with E-state index in [1.165, 1.54) is 0 Å². The molecule has 0 aromatic carbocycles. The quantitative estimate of drug-likeness (QED) is 0.555. The molecule has 2 aromatic heterocycles. The lowest BCUT2D eigenvalue weighted by atomic mass is 10.3. The van der Waals surface area contributed by atoms with E-state index in [1.807, 2.05) is 0 Å². The number of hydrogen-bond donors (Lipinski definition) is 3. The largest absolute Gasteiger partial charge is 0.390 e. The third kappa shape index (κ3) is 0.911. The molecule has 4 N–H and O–H groups in total. The first-order chi connectivity index (χ1) is 5.81. The molecule has 0 spiro atoms. The van der Waals surface area contributed by atoms with Crippen molar-refractivity contribution in [3.63, 3.8) is 0 Å². The number of nitrogens with one attached hydrogen (secondary N) is 1. The van der Waals surface area contributed by atoms with Gasteiger partial charge in [0.1, 0.15) is 0 Å². The van der Waals surface area contributed by atoms with Crippen LogP contribution in [0.3, 0.4) is 0 Å². The van der Waals surface area contributed by atoms with Gasteiger partial charge < -0.3 is 10.8 Å². The van der Waals surface area contributed by atoms with Gasteiger partial charge in [-0.1, -0.05) is 0 Å². The Hall–Kier alpha value is -1.62. The van der Waals surface area contributed by atoms with Crippen molar-refractivity contribution in [1.82, 2.24) is 15.2 Å². The molecule has 0 fully saturated rings. The van der Waals surface area contributed by atoms with Crippen molar-refractivity contribution in [2.24, 2.45) is 0 Å². The SMILES string of the molecule is Nc1n[nH]c2nc(CO)ccc12. The van der Waals surface area contributed by atoms with Crippen LogP contribution in [0, 0.1) is 0 Å². The number of hydrogen-bond acceptors (Lipinski definition) is 4. The predicted molar refractivity (Wildman–Crippen MR) is 44.2 cm³/mol. The fraction of sp³-hybridized carbons (Fsp3) is 0.143. The lowest BCUT2D eigenvalue weighted by molar-refractivity contribution is 0.277. The maximum absolute atomic E-state index is 8.78. The van der Waals surface area contributed by atoms with E-state index in [0.717, 1.165) is 5.39 Å². The summed E-state index contributed by atoms with van der Waals surface area (Å²) in [4.78, 5) is 4.07. The first-order valence-corrected chi connectivity index (χ1v) is 3.51. The molecule has 0 aliphatic rings. The van der Waals surface area contributed by atoms with Crippen molar-refractivity contribution in [3.05, 3.63) is 17.8 Å². The van der Waals surface area contributed by atoms with Crippen LogP contribution in [-0.2, 0) is 6.61 Å². The molecule has 2 heterocycles. The molecule has 5 nitrogen and oxygen atoms in total. The number of nitrogens with two attached hydrogens (primary N) is 1. The average molecular weight is 164 g/mol. The van der Waals surface area contributed by atoms with E-state index < -0.39 is 0 Å². The number of fused-ring (bicyclic) bond motifs is 1. The fourth-order valence-corrected chi connectivity index (χ4v) is 1.05. The van der Waals surface area contributed by atoms with E-state index in [4.69, 9.17) is 10.8 Å². The Bertz CT molecular complexity index is 409. The number of aliphatic hydroxyl groups is 1. The van der Waals surface area contributed by atoms with Gasteiger partial charge in [0, 0.05) is 0 Å². The molecule has 2 aromatic rings. The van der Waals surface area contributed by atoms with Gasteiger partial charge in [0.15, 0.2) is 11.5 Å². The predicted octanol–water partition coefficient (Wildman–Crippen LogP) is 0.0324. The van der Waals surface area contributed by atoms with Crippen molar-refractivity contribution >= 4 is 16.9 Å². The van der Waals surface area contributed by atoms with Gasteiger partial charge in [-0.15, -0.1) is 0 Å². The lowest BCUT2D eigenvalue weighted by Crippen LogP contribution is -1.88. The summed E-state index contributed by atoms with van der Waals surface area (Å²) in [5.74, 6) is 0.432. The minimum Gasteiger partial charge on any atom is -0.390 e. The molecule has 0 saturated heterocycles. The van der Waals surface area contributed by atoms with Crippen molar-refractivity contribution in [2.75, 3.05) is 5.73 Å². The number of aromatic amines is 1. The van der Waals surface area contributed by atoms with Gasteiger partial charge in [-0.25, -0.2) is 4.98 Å². The molecular formula is C7H8N4O. The second kappa shape index (κ2) is 2.46. The Kier molecular flexibility index (Phi) is 1.44. The number of nitrogens with zero attached hydrogens (tertiary/aromatic N) is 2. The van der Waals surface area contributed by atoms with Crippen LogP contribution in [0.15, 0.2) is 12.1 Å². The van der Waals surface area contributed by atoms with Crippen LogP contribution >= 0.6 is 0 Å². The smallest absolute Gasteiger partial charge is 0.157 e. The highest BCUT2D eigenvalue weighted by atomic mass is 16.3. The maximum Gasteiger partial charge on any atom is 0.157 e. The monoisotopic (exact) mass is 164 g/mol. The number of H-pyrrole nitrogens is 1. The number of nitrogen functional groups attached to an aromatic ring is 1. The molecule has 0 bridgehead atoms. The number of aliphatic hydroxyl groups excluding tert-OH is 1. The Labute approximate surface area is 68.2 Å². The van der Waals surface area contributed by atoms with E-state index in [-0.39, 0.29) is 6.61 Å². The van der Waals surface area contributed by atoms with Crippen LogP contribution < -0.4 is 5.73 Å². The molecule has 0 atom stereocenters. The number of rotatable bonds is 1. The van der Waals surface area contributed by atoms with E-state index in [2.05, 4.69) is 15.2 Å². The van der Waals surface area contributed by atoms with Crippen LogP contribution in [0.25, 0.3) is 11.0 Å². The number of pyridine rings is 1. The highest BCUT2D eigenvalue weighted by Gasteiger charge is 2.02. The Morgan fingerprint density at radius 1 is 1.50 bits per heavy atom. The third-order valence-corrected chi connectivity index (χ3v) is 1.67. The summed E-state index contributed by atoms with van der Waals surface area (Å²) in [6.45, 7) is -0.0745. The number of aromatic nitrogens is 3. The van der Waals surface area contributed by atoms with Crippen LogP contribution in [0.4, 0.5) is 5.82 Å². The molecular weight excluding hydrogens is 156 g/mol. The summed E-state index contributed by atoms with van der Waals surface area (Å²) in [6, 6.07) is 3.50. The number of anilines is 1. The van der Waals surface area contributed by atoms with Crippen molar-refractivity contribution in [3.8, 4) is 0 Å². The van der Waals surface area contributed by atoms with Gasteiger partial charge in [0.25, 0.3) is 0 Å². The molecule has 0 radical (unpaired) electrons.